The molecule has 2 aromatic heterocycles. The number of aryl methyl sites for hydroxylation is 2. The molecular formula is C17H20N4. The predicted octanol–water partition coefficient (Wildman–Crippen LogP) is 3.05. The first-order valence-electron chi connectivity index (χ1n) is 7.34. The molecule has 0 aliphatic rings. The number of pyridine rings is 1. The lowest BCUT2D eigenvalue weighted by Gasteiger charge is -2.06. The van der Waals surface area contributed by atoms with E-state index in [1.807, 2.05) is 18.5 Å². The zero-order valence-electron chi connectivity index (χ0n) is 12.5. The summed E-state index contributed by atoms with van der Waals surface area (Å²) in [4.78, 5) is 4.18. The van der Waals surface area contributed by atoms with Gasteiger partial charge in [0.05, 0.1) is 11.2 Å². The first-order valence-corrected chi connectivity index (χ1v) is 7.34. The van der Waals surface area contributed by atoms with E-state index in [9.17, 15) is 0 Å². The number of nitrogens with one attached hydrogen (secondary N) is 1. The van der Waals surface area contributed by atoms with Crippen molar-refractivity contribution in [3.63, 3.8) is 0 Å². The molecule has 0 fully saturated rings. The van der Waals surface area contributed by atoms with E-state index in [2.05, 4.69) is 53.1 Å². The van der Waals surface area contributed by atoms with E-state index in [-0.39, 0.29) is 0 Å². The summed E-state index contributed by atoms with van der Waals surface area (Å²) in [5, 5.41) is 9.40. The fourth-order valence-corrected chi connectivity index (χ4v) is 2.57. The molecule has 2 heterocycles. The summed E-state index contributed by atoms with van der Waals surface area (Å²) in [5.74, 6) is 0. The molecule has 0 aliphatic heterocycles. The molecular weight excluding hydrogens is 260 g/mol. The molecule has 4 heteroatoms. The van der Waals surface area contributed by atoms with Gasteiger partial charge in [0.2, 0.25) is 0 Å². The summed E-state index contributed by atoms with van der Waals surface area (Å²) in [6.45, 7) is 6.70. The Hall–Kier alpha value is -2.20. The van der Waals surface area contributed by atoms with Gasteiger partial charge in [-0.25, -0.2) is 0 Å². The third-order valence-corrected chi connectivity index (χ3v) is 3.79. The molecule has 1 aromatic carbocycles. The second kappa shape index (κ2) is 6.06. The third-order valence-electron chi connectivity index (χ3n) is 3.79. The van der Waals surface area contributed by atoms with Crippen molar-refractivity contribution in [3.8, 4) is 0 Å². The van der Waals surface area contributed by atoms with E-state index < -0.39 is 0 Å². The Labute approximate surface area is 124 Å². The van der Waals surface area contributed by atoms with Crippen LogP contribution in [-0.4, -0.2) is 14.8 Å². The van der Waals surface area contributed by atoms with Crippen molar-refractivity contribution in [2.45, 2.75) is 33.5 Å². The molecule has 3 rings (SSSR count). The van der Waals surface area contributed by atoms with Crippen molar-refractivity contribution >= 4 is 10.9 Å². The zero-order valence-corrected chi connectivity index (χ0v) is 12.5. The summed E-state index contributed by atoms with van der Waals surface area (Å²) in [5.41, 5.74) is 4.81. The Morgan fingerprint density at radius 2 is 2.00 bits per heavy atom. The maximum atomic E-state index is 4.70. The van der Waals surface area contributed by atoms with E-state index in [0.717, 1.165) is 25.3 Å². The molecule has 0 saturated carbocycles. The van der Waals surface area contributed by atoms with Crippen LogP contribution >= 0.6 is 0 Å². The molecule has 4 nitrogen and oxygen atoms in total. The van der Waals surface area contributed by atoms with E-state index in [1.54, 1.807) is 0 Å². The van der Waals surface area contributed by atoms with Gasteiger partial charge in [0.25, 0.3) is 0 Å². The fourth-order valence-electron chi connectivity index (χ4n) is 2.57. The molecule has 0 bridgehead atoms. The predicted molar refractivity (Wildman–Crippen MR) is 84.9 cm³/mol. The van der Waals surface area contributed by atoms with E-state index >= 15 is 0 Å². The molecule has 0 aliphatic carbocycles. The number of rotatable bonds is 5. The molecule has 3 aromatic rings. The van der Waals surface area contributed by atoms with Gasteiger partial charge in [-0.1, -0.05) is 18.2 Å². The lowest BCUT2D eigenvalue weighted by Crippen LogP contribution is -2.14. The monoisotopic (exact) mass is 280 g/mol. The van der Waals surface area contributed by atoms with Crippen LogP contribution in [0.15, 0.2) is 42.7 Å². The van der Waals surface area contributed by atoms with Crippen LogP contribution in [0.4, 0.5) is 0 Å². The Balaban J connectivity index is 1.75. The topological polar surface area (TPSA) is 42.7 Å². The molecule has 108 valence electrons. The Bertz CT molecular complexity index is 745. The van der Waals surface area contributed by atoms with Gasteiger partial charge in [0, 0.05) is 37.4 Å². The molecule has 1 N–H and O–H groups in total. The van der Waals surface area contributed by atoms with Crippen molar-refractivity contribution in [2.75, 3.05) is 0 Å². The normalized spacial score (nSPS) is 11.1. The molecule has 0 unspecified atom stereocenters. The van der Waals surface area contributed by atoms with Gasteiger partial charge in [0.15, 0.2) is 0 Å². The smallest absolute Gasteiger partial charge is 0.0841 e. The number of hydrogen-bond acceptors (Lipinski definition) is 3. The number of nitrogens with zero attached hydrogens (tertiary/aromatic N) is 3. The van der Waals surface area contributed by atoms with Gasteiger partial charge >= 0.3 is 0 Å². The number of aromatic nitrogens is 3. The minimum absolute atomic E-state index is 0.766. The highest BCUT2D eigenvalue weighted by atomic mass is 15.3. The lowest BCUT2D eigenvalue weighted by atomic mass is 10.1. The third kappa shape index (κ3) is 2.81. The first kappa shape index (κ1) is 13.8. The average molecular weight is 280 g/mol. The Kier molecular flexibility index (Phi) is 3.97. The van der Waals surface area contributed by atoms with Gasteiger partial charge in [0.1, 0.15) is 0 Å². The van der Waals surface area contributed by atoms with Crippen LogP contribution in [-0.2, 0) is 19.6 Å². The van der Waals surface area contributed by atoms with Crippen LogP contribution in [0.2, 0.25) is 0 Å². The van der Waals surface area contributed by atoms with Crippen molar-refractivity contribution in [1.29, 1.82) is 0 Å². The highest BCUT2D eigenvalue weighted by Crippen LogP contribution is 2.18. The highest BCUT2D eigenvalue weighted by molar-refractivity contribution is 5.81. The second-order valence-corrected chi connectivity index (χ2v) is 5.19. The van der Waals surface area contributed by atoms with Gasteiger partial charge in [-0.2, -0.15) is 5.10 Å². The van der Waals surface area contributed by atoms with Crippen molar-refractivity contribution in [3.05, 3.63) is 59.5 Å². The van der Waals surface area contributed by atoms with E-state index in [0.29, 0.717) is 0 Å². The zero-order chi connectivity index (χ0) is 14.7. The molecule has 0 atom stereocenters. The Morgan fingerprint density at radius 3 is 2.81 bits per heavy atom. The molecule has 0 amide bonds. The average Bonchev–Trinajstić information content (AvgIpc) is 2.88. The summed E-state index contributed by atoms with van der Waals surface area (Å²) in [6, 6.07) is 10.4. The quantitative estimate of drug-likeness (QED) is 0.781. The van der Waals surface area contributed by atoms with Crippen LogP contribution in [0, 0.1) is 6.92 Å². The lowest BCUT2D eigenvalue weighted by molar-refractivity contribution is 0.630. The Morgan fingerprint density at radius 1 is 1.14 bits per heavy atom. The molecule has 0 radical (unpaired) electrons. The van der Waals surface area contributed by atoms with Crippen LogP contribution in [0.5, 0.6) is 0 Å². The summed E-state index contributed by atoms with van der Waals surface area (Å²) < 4.78 is 2.06. The van der Waals surface area contributed by atoms with Crippen molar-refractivity contribution in [1.82, 2.24) is 20.1 Å². The van der Waals surface area contributed by atoms with Crippen molar-refractivity contribution < 1.29 is 0 Å². The van der Waals surface area contributed by atoms with Gasteiger partial charge in [-0.3, -0.25) is 9.67 Å². The number of fused-ring (bicyclic) bond motifs is 1. The first-order chi connectivity index (χ1) is 10.3. The van der Waals surface area contributed by atoms with Crippen LogP contribution in [0.25, 0.3) is 10.9 Å². The minimum atomic E-state index is 0.766. The SMILES string of the molecule is CCn1nc(CNCc2cnccc2C)c2ccccc21. The van der Waals surface area contributed by atoms with Crippen LogP contribution in [0.3, 0.4) is 0 Å². The summed E-state index contributed by atoms with van der Waals surface area (Å²) in [6.07, 6.45) is 3.75. The summed E-state index contributed by atoms with van der Waals surface area (Å²) >= 11 is 0. The second-order valence-electron chi connectivity index (χ2n) is 5.19. The maximum absolute atomic E-state index is 4.70. The maximum Gasteiger partial charge on any atom is 0.0841 e. The van der Waals surface area contributed by atoms with E-state index in [1.165, 1.54) is 22.0 Å². The standard InChI is InChI=1S/C17H20N4/c1-3-21-17-7-5-4-6-15(17)16(20-21)12-19-11-14-10-18-9-8-13(14)2/h4-10,19H,3,11-12H2,1-2H3. The fraction of sp³-hybridized carbons (Fsp3) is 0.294. The number of hydrogen-bond donors (Lipinski definition) is 1. The minimum Gasteiger partial charge on any atom is -0.307 e. The molecule has 0 spiro atoms. The van der Waals surface area contributed by atoms with Crippen LogP contribution < -0.4 is 5.32 Å². The highest BCUT2D eigenvalue weighted by Gasteiger charge is 2.08. The summed E-state index contributed by atoms with van der Waals surface area (Å²) in [7, 11) is 0. The van der Waals surface area contributed by atoms with Gasteiger partial charge in [-0.15, -0.1) is 0 Å². The van der Waals surface area contributed by atoms with Crippen molar-refractivity contribution in [2.24, 2.45) is 0 Å². The van der Waals surface area contributed by atoms with Crippen LogP contribution in [0.1, 0.15) is 23.7 Å². The number of para-hydroxylation sites is 1. The van der Waals surface area contributed by atoms with E-state index in [4.69, 9.17) is 5.10 Å². The molecule has 21 heavy (non-hydrogen) atoms. The van der Waals surface area contributed by atoms with Gasteiger partial charge < -0.3 is 5.32 Å². The number of benzene rings is 1. The largest absolute Gasteiger partial charge is 0.307 e. The molecule has 0 saturated heterocycles. The van der Waals surface area contributed by atoms with Gasteiger partial charge in [-0.05, 0) is 37.1 Å².